The quantitative estimate of drug-likeness (QED) is 0.847. The monoisotopic (exact) mass is 276 g/mol. The second kappa shape index (κ2) is 6.48. The summed E-state index contributed by atoms with van der Waals surface area (Å²) in [4.78, 5) is 13.0. The van der Waals surface area contributed by atoms with E-state index in [-0.39, 0.29) is 6.04 Å². The molecule has 4 nitrogen and oxygen atoms in total. The van der Waals surface area contributed by atoms with Crippen molar-refractivity contribution in [3.63, 3.8) is 0 Å². The van der Waals surface area contributed by atoms with Crippen LogP contribution in [0, 0.1) is 0 Å². The molecule has 19 heavy (non-hydrogen) atoms. The van der Waals surface area contributed by atoms with Gasteiger partial charge in [0.05, 0.1) is 11.7 Å². The van der Waals surface area contributed by atoms with E-state index in [1.165, 1.54) is 0 Å². The van der Waals surface area contributed by atoms with Crippen LogP contribution >= 0.6 is 11.6 Å². The lowest BCUT2D eigenvalue weighted by Gasteiger charge is -2.14. The van der Waals surface area contributed by atoms with Gasteiger partial charge < -0.3 is 5.32 Å². The first-order chi connectivity index (χ1) is 9.19. The van der Waals surface area contributed by atoms with Gasteiger partial charge >= 0.3 is 0 Å². The van der Waals surface area contributed by atoms with Crippen LogP contribution in [0.25, 0.3) is 0 Å². The summed E-state index contributed by atoms with van der Waals surface area (Å²) in [6.45, 7) is 4.13. The molecule has 1 atom stereocenters. The fourth-order valence-electron chi connectivity index (χ4n) is 1.80. The van der Waals surface area contributed by atoms with E-state index < -0.39 is 0 Å². The second-order valence-electron chi connectivity index (χ2n) is 4.36. The summed E-state index contributed by atoms with van der Waals surface area (Å²) >= 11 is 6.01. The van der Waals surface area contributed by atoms with Gasteiger partial charge in [-0.15, -0.1) is 0 Å². The average molecular weight is 277 g/mol. The summed E-state index contributed by atoms with van der Waals surface area (Å²) in [7, 11) is 0. The summed E-state index contributed by atoms with van der Waals surface area (Å²) in [6.07, 6.45) is 3.60. The Morgan fingerprint density at radius 1 is 1.32 bits per heavy atom. The van der Waals surface area contributed by atoms with Gasteiger partial charge in [-0.2, -0.15) is 0 Å². The van der Waals surface area contributed by atoms with E-state index in [0.717, 1.165) is 30.2 Å². The first-order valence-electron chi connectivity index (χ1n) is 6.40. The first-order valence-corrected chi connectivity index (χ1v) is 6.77. The normalized spacial score (nSPS) is 12.2. The Balaban J connectivity index is 2.14. The van der Waals surface area contributed by atoms with Crippen LogP contribution in [0.3, 0.4) is 0 Å². The zero-order valence-corrected chi connectivity index (χ0v) is 11.9. The Morgan fingerprint density at radius 2 is 2.16 bits per heavy atom. The number of aromatic nitrogens is 3. The molecule has 1 unspecified atom stereocenters. The molecule has 0 saturated heterocycles. The van der Waals surface area contributed by atoms with Crippen LogP contribution < -0.4 is 5.32 Å². The topological polar surface area (TPSA) is 50.7 Å². The molecule has 0 aliphatic carbocycles. The number of aryl methyl sites for hydroxylation is 1. The number of nitrogens with one attached hydrogen (secondary N) is 1. The number of rotatable bonds is 5. The van der Waals surface area contributed by atoms with Gasteiger partial charge in [-0.3, -0.25) is 4.98 Å². The van der Waals surface area contributed by atoms with Crippen LogP contribution in [0.15, 0.2) is 30.5 Å². The Hall–Kier alpha value is -1.68. The minimum absolute atomic E-state index is 0.0710. The van der Waals surface area contributed by atoms with Crippen molar-refractivity contribution in [3.05, 3.63) is 47.1 Å². The van der Waals surface area contributed by atoms with Crippen LogP contribution in [-0.2, 0) is 6.42 Å². The van der Waals surface area contributed by atoms with Gasteiger partial charge in [-0.05, 0) is 25.5 Å². The molecule has 0 saturated carbocycles. The molecule has 0 fully saturated rings. The Morgan fingerprint density at radius 3 is 2.84 bits per heavy atom. The maximum Gasteiger partial charge on any atom is 0.134 e. The molecular formula is C14H17ClN4. The van der Waals surface area contributed by atoms with Gasteiger partial charge in [0.2, 0.25) is 0 Å². The van der Waals surface area contributed by atoms with E-state index in [2.05, 4.69) is 27.2 Å². The fourth-order valence-corrected chi connectivity index (χ4v) is 2.00. The molecule has 5 heteroatoms. The lowest BCUT2D eigenvalue weighted by Crippen LogP contribution is -2.10. The maximum atomic E-state index is 6.01. The number of pyridine rings is 1. The molecule has 0 aromatic carbocycles. The lowest BCUT2D eigenvalue weighted by molar-refractivity contribution is 0.805. The SMILES string of the molecule is CCCc1nc(Cl)cc(NC(C)c2ccccn2)n1. The number of hydrogen-bond acceptors (Lipinski definition) is 4. The van der Waals surface area contributed by atoms with Gasteiger partial charge in [0.1, 0.15) is 16.8 Å². The minimum atomic E-state index is 0.0710. The summed E-state index contributed by atoms with van der Waals surface area (Å²) < 4.78 is 0. The zero-order valence-electron chi connectivity index (χ0n) is 11.1. The third kappa shape index (κ3) is 3.89. The molecule has 0 aliphatic rings. The molecule has 0 radical (unpaired) electrons. The summed E-state index contributed by atoms with van der Waals surface area (Å²) in [5.74, 6) is 1.51. The van der Waals surface area contributed by atoms with Crippen molar-refractivity contribution in [3.8, 4) is 0 Å². The van der Waals surface area contributed by atoms with E-state index in [0.29, 0.717) is 5.15 Å². The van der Waals surface area contributed by atoms with Crippen molar-refractivity contribution in [2.75, 3.05) is 5.32 Å². The molecule has 100 valence electrons. The maximum absolute atomic E-state index is 6.01. The molecule has 2 aromatic heterocycles. The molecule has 0 spiro atoms. The van der Waals surface area contributed by atoms with Crippen LogP contribution in [0.5, 0.6) is 0 Å². The van der Waals surface area contributed by atoms with Crippen molar-refractivity contribution in [1.82, 2.24) is 15.0 Å². The lowest BCUT2D eigenvalue weighted by atomic mass is 10.2. The van der Waals surface area contributed by atoms with E-state index in [4.69, 9.17) is 11.6 Å². The van der Waals surface area contributed by atoms with Gasteiger partial charge in [0, 0.05) is 18.7 Å². The molecule has 2 rings (SSSR count). The molecule has 0 amide bonds. The van der Waals surface area contributed by atoms with E-state index in [9.17, 15) is 0 Å². The zero-order chi connectivity index (χ0) is 13.7. The summed E-state index contributed by atoms with van der Waals surface area (Å²) in [5.41, 5.74) is 0.967. The highest BCUT2D eigenvalue weighted by Crippen LogP contribution is 2.18. The Labute approximate surface area is 118 Å². The predicted molar refractivity (Wildman–Crippen MR) is 77.3 cm³/mol. The fraction of sp³-hybridized carbons (Fsp3) is 0.357. The van der Waals surface area contributed by atoms with Crippen molar-refractivity contribution < 1.29 is 0 Å². The number of nitrogens with zero attached hydrogens (tertiary/aromatic N) is 3. The molecule has 2 aromatic rings. The minimum Gasteiger partial charge on any atom is -0.362 e. The van der Waals surface area contributed by atoms with E-state index >= 15 is 0 Å². The highest BCUT2D eigenvalue weighted by molar-refractivity contribution is 6.29. The third-order valence-corrected chi connectivity index (χ3v) is 2.90. The first kappa shape index (κ1) is 13.7. The number of hydrogen-bond donors (Lipinski definition) is 1. The standard InChI is InChI=1S/C14H17ClN4/c1-3-6-13-18-12(15)9-14(19-13)17-10(2)11-7-4-5-8-16-11/h4-5,7-10H,3,6H2,1-2H3,(H,17,18,19). The van der Waals surface area contributed by atoms with Crippen molar-refractivity contribution in [1.29, 1.82) is 0 Å². The largest absolute Gasteiger partial charge is 0.362 e. The number of halogens is 1. The molecule has 1 N–H and O–H groups in total. The molecule has 2 heterocycles. The molecule has 0 bridgehead atoms. The van der Waals surface area contributed by atoms with Crippen LogP contribution in [0.4, 0.5) is 5.82 Å². The smallest absolute Gasteiger partial charge is 0.134 e. The third-order valence-electron chi connectivity index (χ3n) is 2.71. The highest BCUT2D eigenvalue weighted by atomic mass is 35.5. The van der Waals surface area contributed by atoms with Crippen molar-refractivity contribution in [2.45, 2.75) is 32.7 Å². The van der Waals surface area contributed by atoms with Crippen molar-refractivity contribution in [2.24, 2.45) is 0 Å². The highest BCUT2D eigenvalue weighted by Gasteiger charge is 2.09. The molecule has 0 aliphatic heterocycles. The Kier molecular flexibility index (Phi) is 4.68. The van der Waals surface area contributed by atoms with Gasteiger partial charge in [-0.25, -0.2) is 9.97 Å². The Bertz CT molecular complexity index is 530. The van der Waals surface area contributed by atoms with Crippen LogP contribution in [0.2, 0.25) is 5.15 Å². The van der Waals surface area contributed by atoms with E-state index in [1.54, 1.807) is 12.3 Å². The number of anilines is 1. The van der Waals surface area contributed by atoms with Crippen molar-refractivity contribution >= 4 is 17.4 Å². The second-order valence-corrected chi connectivity index (χ2v) is 4.75. The van der Waals surface area contributed by atoms with Crippen LogP contribution in [-0.4, -0.2) is 15.0 Å². The van der Waals surface area contributed by atoms with Crippen LogP contribution in [0.1, 0.15) is 37.8 Å². The predicted octanol–water partition coefficient (Wildman–Crippen LogP) is 3.65. The van der Waals surface area contributed by atoms with E-state index in [1.807, 2.05) is 25.1 Å². The summed E-state index contributed by atoms with van der Waals surface area (Å²) in [5, 5.41) is 3.77. The summed E-state index contributed by atoms with van der Waals surface area (Å²) in [6, 6.07) is 7.65. The molecular weight excluding hydrogens is 260 g/mol. The van der Waals surface area contributed by atoms with Gasteiger partial charge in [0.15, 0.2) is 0 Å². The van der Waals surface area contributed by atoms with Gasteiger partial charge in [-0.1, -0.05) is 24.6 Å². The average Bonchev–Trinajstić information content (AvgIpc) is 2.39. The van der Waals surface area contributed by atoms with Gasteiger partial charge in [0.25, 0.3) is 0 Å².